The molecule has 7 heteroatoms. The highest BCUT2D eigenvalue weighted by molar-refractivity contribution is 8.14. The van der Waals surface area contributed by atoms with Gasteiger partial charge in [-0.05, 0) is 42.7 Å². The molecule has 0 bridgehead atoms. The van der Waals surface area contributed by atoms with Gasteiger partial charge < -0.3 is 5.32 Å². The molecule has 1 aromatic heterocycles. The van der Waals surface area contributed by atoms with Crippen molar-refractivity contribution in [3.8, 4) is 0 Å². The van der Waals surface area contributed by atoms with Crippen LogP contribution in [0.1, 0.15) is 43.7 Å². The molecular formula is C23H25N3O3S. The summed E-state index contributed by atoms with van der Waals surface area (Å²) in [6, 6.07) is 12.1. The van der Waals surface area contributed by atoms with Crippen LogP contribution in [0.2, 0.25) is 0 Å². The summed E-state index contributed by atoms with van der Waals surface area (Å²) < 4.78 is 0. The Morgan fingerprint density at radius 1 is 1.07 bits per heavy atom. The molecule has 1 N–H and O–H groups in total. The van der Waals surface area contributed by atoms with Crippen molar-refractivity contribution in [2.75, 3.05) is 10.7 Å². The smallest absolute Gasteiger partial charge is 0.248 e. The maximum absolute atomic E-state index is 13.6. The van der Waals surface area contributed by atoms with Gasteiger partial charge in [-0.15, -0.1) is 0 Å². The summed E-state index contributed by atoms with van der Waals surface area (Å²) in [4.78, 5) is 44.6. The molecule has 0 radical (unpaired) electrons. The van der Waals surface area contributed by atoms with Crippen LogP contribution in [-0.2, 0) is 14.4 Å². The number of hydrogen-bond donors (Lipinski definition) is 1. The average molecular weight is 424 g/mol. The highest BCUT2D eigenvalue weighted by atomic mass is 32.2. The molecule has 0 unspecified atom stereocenters. The Kier molecular flexibility index (Phi) is 6.47. The predicted octanol–water partition coefficient (Wildman–Crippen LogP) is 3.49. The minimum Gasteiger partial charge on any atom is -0.351 e. The predicted molar refractivity (Wildman–Crippen MR) is 117 cm³/mol. The fraction of sp³-hybridized carbons (Fsp3) is 0.391. The summed E-state index contributed by atoms with van der Waals surface area (Å²) in [5, 5.41) is 3.18. The summed E-state index contributed by atoms with van der Waals surface area (Å²) in [5.74, 6) is -0.356. The number of carbonyl (C=O) groups is 3. The second-order valence-electron chi connectivity index (χ2n) is 7.80. The quantitative estimate of drug-likeness (QED) is 0.769. The Labute approximate surface area is 180 Å². The highest BCUT2D eigenvalue weighted by Crippen LogP contribution is 2.34. The minimum absolute atomic E-state index is 0.0252. The van der Waals surface area contributed by atoms with Crippen LogP contribution in [0, 0.1) is 5.92 Å². The number of nitrogens with one attached hydrogen (secondary N) is 1. The van der Waals surface area contributed by atoms with Gasteiger partial charge in [-0.3, -0.25) is 24.3 Å². The van der Waals surface area contributed by atoms with Gasteiger partial charge in [0.2, 0.25) is 11.8 Å². The van der Waals surface area contributed by atoms with Crippen molar-refractivity contribution < 1.29 is 14.4 Å². The Bertz CT molecular complexity index is 900. The monoisotopic (exact) mass is 423 g/mol. The lowest BCUT2D eigenvalue weighted by atomic mass is 9.99. The molecule has 30 heavy (non-hydrogen) atoms. The van der Waals surface area contributed by atoms with Gasteiger partial charge >= 0.3 is 0 Å². The highest BCUT2D eigenvalue weighted by Gasteiger charge is 2.39. The van der Waals surface area contributed by atoms with Crippen LogP contribution in [0.4, 0.5) is 5.69 Å². The van der Waals surface area contributed by atoms with Gasteiger partial charge in [0.15, 0.2) is 5.12 Å². The minimum atomic E-state index is -0.816. The second-order valence-corrected chi connectivity index (χ2v) is 8.88. The number of benzene rings is 1. The number of anilines is 1. The van der Waals surface area contributed by atoms with E-state index in [2.05, 4.69) is 10.3 Å². The molecule has 2 heterocycles. The van der Waals surface area contributed by atoms with Gasteiger partial charge in [-0.1, -0.05) is 42.8 Å². The summed E-state index contributed by atoms with van der Waals surface area (Å²) in [7, 11) is 0. The molecule has 2 amide bonds. The third kappa shape index (κ3) is 4.56. The molecule has 1 aliphatic heterocycles. The Morgan fingerprint density at radius 3 is 2.40 bits per heavy atom. The number of para-hydroxylation sites is 1. The van der Waals surface area contributed by atoms with Crippen molar-refractivity contribution in [3.63, 3.8) is 0 Å². The van der Waals surface area contributed by atoms with Gasteiger partial charge in [0.1, 0.15) is 6.04 Å². The maximum Gasteiger partial charge on any atom is 0.248 e. The molecular weight excluding hydrogens is 398 g/mol. The van der Waals surface area contributed by atoms with Crippen LogP contribution >= 0.6 is 11.8 Å². The summed E-state index contributed by atoms with van der Waals surface area (Å²) >= 11 is 1.19. The number of amides is 2. The number of aromatic nitrogens is 1. The Hall–Kier alpha value is -2.67. The third-order valence-corrected chi connectivity index (χ3v) is 6.77. The van der Waals surface area contributed by atoms with Crippen LogP contribution in [0.5, 0.6) is 0 Å². The first-order valence-electron chi connectivity index (χ1n) is 10.4. The van der Waals surface area contributed by atoms with Crippen molar-refractivity contribution in [2.24, 2.45) is 5.92 Å². The second kappa shape index (κ2) is 9.43. The molecule has 2 aromatic rings. The van der Waals surface area contributed by atoms with Gasteiger partial charge in [-0.2, -0.15) is 0 Å². The number of carbonyl (C=O) groups excluding carboxylic acids is 3. The topological polar surface area (TPSA) is 79.4 Å². The molecule has 1 aromatic carbocycles. The number of thioether (sulfide) groups is 1. The lowest BCUT2D eigenvalue weighted by Gasteiger charge is -2.33. The molecule has 2 fully saturated rings. The van der Waals surface area contributed by atoms with Crippen molar-refractivity contribution in [3.05, 3.63) is 60.4 Å². The normalized spacial score (nSPS) is 20.1. The van der Waals surface area contributed by atoms with Crippen LogP contribution < -0.4 is 10.2 Å². The maximum atomic E-state index is 13.6. The molecule has 4 rings (SSSR count). The van der Waals surface area contributed by atoms with Crippen molar-refractivity contribution >= 4 is 34.4 Å². The number of hydrogen-bond acceptors (Lipinski definition) is 5. The van der Waals surface area contributed by atoms with Gasteiger partial charge in [-0.25, -0.2) is 0 Å². The van der Waals surface area contributed by atoms with E-state index in [1.165, 1.54) is 11.8 Å². The first-order chi connectivity index (χ1) is 14.6. The molecule has 2 aliphatic rings. The van der Waals surface area contributed by atoms with E-state index in [1.807, 2.05) is 30.3 Å². The molecule has 1 saturated heterocycles. The van der Waals surface area contributed by atoms with Crippen molar-refractivity contribution in [1.82, 2.24) is 10.3 Å². The van der Waals surface area contributed by atoms with E-state index in [1.54, 1.807) is 29.4 Å². The van der Waals surface area contributed by atoms with E-state index in [0.717, 1.165) is 25.7 Å². The molecule has 2 atom stereocenters. The zero-order chi connectivity index (χ0) is 20.9. The molecule has 1 saturated carbocycles. The van der Waals surface area contributed by atoms with Gasteiger partial charge in [0.05, 0.1) is 5.92 Å². The molecule has 156 valence electrons. The van der Waals surface area contributed by atoms with E-state index < -0.39 is 12.0 Å². The van der Waals surface area contributed by atoms with E-state index >= 15 is 0 Å². The van der Waals surface area contributed by atoms with Gasteiger partial charge in [0, 0.05) is 36.3 Å². The summed E-state index contributed by atoms with van der Waals surface area (Å²) in [6.07, 6.45) is 7.60. The van der Waals surface area contributed by atoms with E-state index in [9.17, 15) is 14.4 Å². The van der Waals surface area contributed by atoms with Crippen LogP contribution in [-0.4, -0.2) is 33.7 Å². The lowest BCUT2D eigenvalue weighted by molar-refractivity contribution is -0.129. The van der Waals surface area contributed by atoms with Crippen molar-refractivity contribution in [2.45, 2.75) is 44.2 Å². The number of rotatable bonds is 6. The van der Waals surface area contributed by atoms with Crippen LogP contribution in [0.25, 0.3) is 0 Å². The lowest BCUT2D eigenvalue weighted by Crippen LogP contribution is -2.48. The average Bonchev–Trinajstić information content (AvgIpc) is 3.44. The third-order valence-electron chi connectivity index (χ3n) is 5.71. The fourth-order valence-electron chi connectivity index (χ4n) is 4.17. The number of nitrogens with zero attached hydrogens (tertiary/aromatic N) is 2. The standard InChI is InChI=1S/C23H25N3O3S/c27-20-14-17(15-30-20)23(29)26(19-8-2-1-3-9-19)21(16-10-12-24-13-11-16)22(28)25-18-6-4-5-7-18/h1-3,8-13,17-18,21H,4-7,14-15H2,(H,25,28)/t17-,21+/m1/s1. The Morgan fingerprint density at radius 2 is 1.77 bits per heavy atom. The molecule has 6 nitrogen and oxygen atoms in total. The van der Waals surface area contributed by atoms with E-state index in [-0.39, 0.29) is 29.4 Å². The first kappa shape index (κ1) is 20.6. The SMILES string of the molecule is O=C1C[C@@H](C(=O)N(c2ccccc2)[C@H](C(=O)NC2CCCC2)c2ccncc2)CS1. The van der Waals surface area contributed by atoms with Crippen molar-refractivity contribution in [1.29, 1.82) is 0 Å². The molecule has 1 aliphatic carbocycles. The number of pyridine rings is 1. The van der Waals surface area contributed by atoms with E-state index in [0.29, 0.717) is 17.0 Å². The Balaban J connectivity index is 1.73. The van der Waals surface area contributed by atoms with Crippen LogP contribution in [0.15, 0.2) is 54.9 Å². The molecule has 0 spiro atoms. The van der Waals surface area contributed by atoms with E-state index in [4.69, 9.17) is 0 Å². The zero-order valence-corrected chi connectivity index (χ0v) is 17.5. The van der Waals surface area contributed by atoms with Crippen LogP contribution in [0.3, 0.4) is 0 Å². The summed E-state index contributed by atoms with van der Waals surface area (Å²) in [5.41, 5.74) is 1.35. The first-order valence-corrected chi connectivity index (χ1v) is 11.4. The fourth-order valence-corrected chi connectivity index (χ4v) is 5.14. The zero-order valence-electron chi connectivity index (χ0n) is 16.7. The largest absolute Gasteiger partial charge is 0.351 e. The summed E-state index contributed by atoms with van der Waals surface area (Å²) in [6.45, 7) is 0. The van der Waals surface area contributed by atoms with Gasteiger partial charge in [0.25, 0.3) is 0 Å².